The highest BCUT2D eigenvalue weighted by atomic mass is 16.8. The van der Waals surface area contributed by atoms with E-state index in [1.807, 2.05) is 6.92 Å². The van der Waals surface area contributed by atoms with E-state index in [9.17, 15) is 15.2 Å². The Kier molecular flexibility index (Phi) is 8.05. The van der Waals surface area contributed by atoms with Crippen LogP contribution in [0.4, 0.5) is 0 Å². The zero-order valence-electron chi connectivity index (χ0n) is 16.6. The van der Waals surface area contributed by atoms with Gasteiger partial charge in [0.25, 0.3) is 0 Å². The van der Waals surface area contributed by atoms with Crippen molar-refractivity contribution in [1.29, 1.82) is 0 Å². The number of carbonyl (C=O) groups is 1. The minimum Gasteiger partial charge on any atom is -0.762 e. The molecule has 156 valence electrons. The molecule has 3 aliphatic rings. The van der Waals surface area contributed by atoms with Gasteiger partial charge in [0.2, 0.25) is 0 Å². The summed E-state index contributed by atoms with van der Waals surface area (Å²) < 4.78 is 5.60. The smallest absolute Gasteiger partial charge is 0.149 e. The Morgan fingerprint density at radius 1 is 1.22 bits per heavy atom. The normalized spacial score (nSPS) is 36.1. The predicted octanol–water partition coefficient (Wildman–Crippen LogP) is 2.31. The lowest BCUT2D eigenvalue weighted by molar-refractivity contribution is -0.152. The Balaban J connectivity index is 1.58. The summed E-state index contributed by atoms with van der Waals surface area (Å²) in [4.78, 5) is 15.4. The summed E-state index contributed by atoms with van der Waals surface area (Å²) in [5.74, 6) is 0.0664. The minimum absolute atomic E-state index is 0.00934. The van der Waals surface area contributed by atoms with E-state index in [1.165, 1.54) is 25.7 Å². The number of ether oxygens (including phenoxy) is 1. The minimum atomic E-state index is -0.634. The van der Waals surface area contributed by atoms with Gasteiger partial charge in [0.1, 0.15) is 5.78 Å². The summed E-state index contributed by atoms with van der Waals surface area (Å²) in [6.45, 7) is 4.94. The molecule has 27 heavy (non-hydrogen) atoms. The van der Waals surface area contributed by atoms with Crippen LogP contribution < -0.4 is 5.32 Å². The maximum absolute atomic E-state index is 13.0. The molecular formula is C20H36N3O4-. The van der Waals surface area contributed by atoms with Crippen LogP contribution in [-0.2, 0) is 9.53 Å². The van der Waals surface area contributed by atoms with Gasteiger partial charge in [-0.3, -0.25) is 14.9 Å². The number of hydroxylamine groups is 2. The molecule has 5 unspecified atom stereocenters. The second-order valence-electron chi connectivity index (χ2n) is 8.43. The first kappa shape index (κ1) is 21.1. The summed E-state index contributed by atoms with van der Waals surface area (Å²) in [7, 11) is 0. The molecule has 0 aromatic heterocycles. The molecule has 0 bridgehead atoms. The predicted molar refractivity (Wildman–Crippen MR) is 103 cm³/mol. The molecule has 1 aliphatic carbocycles. The van der Waals surface area contributed by atoms with E-state index in [0.29, 0.717) is 38.1 Å². The number of ketones is 1. The molecule has 7 nitrogen and oxygen atoms in total. The summed E-state index contributed by atoms with van der Waals surface area (Å²) in [5.41, 5.74) is 0. The van der Waals surface area contributed by atoms with Gasteiger partial charge < -0.3 is 20.5 Å². The van der Waals surface area contributed by atoms with E-state index < -0.39 is 6.04 Å². The van der Waals surface area contributed by atoms with Gasteiger partial charge in [0, 0.05) is 30.7 Å². The molecular weight excluding hydrogens is 346 g/mol. The van der Waals surface area contributed by atoms with Crippen molar-refractivity contribution in [2.24, 2.45) is 5.92 Å². The SMILES string of the molecule is CCOC1CCC(C(=O)CN2CCCCC2C2CCCCN2)CC1N([O-])O. The first-order valence-corrected chi connectivity index (χ1v) is 10.9. The average molecular weight is 383 g/mol. The fraction of sp³-hybridized carbons (Fsp3) is 0.950. The third kappa shape index (κ3) is 5.49. The van der Waals surface area contributed by atoms with Gasteiger partial charge in [0.15, 0.2) is 0 Å². The van der Waals surface area contributed by atoms with E-state index in [1.54, 1.807) is 0 Å². The third-order valence-electron chi connectivity index (χ3n) is 6.71. The molecule has 1 saturated carbocycles. The second-order valence-corrected chi connectivity index (χ2v) is 8.43. The molecule has 2 N–H and O–H groups in total. The highest BCUT2D eigenvalue weighted by Crippen LogP contribution is 2.31. The Labute approximate surface area is 162 Å². The Morgan fingerprint density at radius 2 is 2.04 bits per heavy atom. The summed E-state index contributed by atoms with van der Waals surface area (Å²) in [6, 6.07) is 0.320. The fourth-order valence-corrected chi connectivity index (χ4v) is 5.26. The molecule has 7 heteroatoms. The van der Waals surface area contributed by atoms with Crippen molar-refractivity contribution in [2.75, 3.05) is 26.2 Å². The number of piperidine rings is 2. The molecule has 5 atom stereocenters. The van der Waals surface area contributed by atoms with E-state index in [0.717, 1.165) is 32.4 Å². The first-order valence-electron chi connectivity index (χ1n) is 10.9. The van der Waals surface area contributed by atoms with E-state index in [-0.39, 0.29) is 23.0 Å². The largest absolute Gasteiger partial charge is 0.762 e. The van der Waals surface area contributed by atoms with Gasteiger partial charge in [-0.25, -0.2) is 0 Å². The number of rotatable bonds is 7. The average Bonchev–Trinajstić information content (AvgIpc) is 2.69. The van der Waals surface area contributed by atoms with Gasteiger partial charge >= 0.3 is 0 Å². The van der Waals surface area contributed by atoms with Gasteiger partial charge in [0.05, 0.1) is 12.6 Å². The molecule has 3 rings (SSSR count). The van der Waals surface area contributed by atoms with Crippen LogP contribution in [0.5, 0.6) is 0 Å². The van der Waals surface area contributed by atoms with Gasteiger partial charge in [-0.1, -0.05) is 12.8 Å². The van der Waals surface area contributed by atoms with E-state index in [2.05, 4.69) is 10.2 Å². The van der Waals surface area contributed by atoms with Crippen LogP contribution in [0.25, 0.3) is 0 Å². The molecule has 2 saturated heterocycles. The monoisotopic (exact) mass is 382 g/mol. The molecule has 0 radical (unpaired) electrons. The van der Waals surface area contributed by atoms with Crippen molar-refractivity contribution in [3.63, 3.8) is 0 Å². The zero-order valence-corrected chi connectivity index (χ0v) is 16.6. The van der Waals surface area contributed by atoms with E-state index >= 15 is 0 Å². The van der Waals surface area contributed by atoms with E-state index in [4.69, 9.17) is 4.74 Å². The molecule has 0 spiro atoms. The molecule has 0 aromatic carbocycles. The lowest BCUT2D eigenvalue weighted by Crippen LogP contribution is -2.55. The Hall–Kier alpha value is -0.570. The summed E-state index contributed by atoms with van der Waals surface area (Å²) >= 11 is 0. The maximum atomic E-state index is 13.0. The topological polar surface area (TPSA) is 88.1 Å². The Morgan fingerprint density at radius 3 is 2.74 bits per heavy atom. The van der Waals surface area contributed by atoms with Crippen molar-refractivity contribution >= 4 is 5.78 Å². The Bertz CT molecular complexity index is 470. The highest BCUT2D eigenvalue weighted by molar-refractivity contribution is 5.83. The van der Waals surface area contributed by atoms with Crippen molar-refractivity contribution in [1.82, 2.24) is 15.4 Å². The lowest BCUT2D eigenvalue weighted by Gasteiger charge is -2.44. The molecule has 2 heterocycles. The second kappa shape index (κ2) is 10.3. The molecule has 2 aliphatic heterocycles. The first-order chi connectivity index (χ1) is 13.1. The van der Waals surface area contributed by atoms with Crippen LogP contribution in [0, 0.1) is 11.1 Å². The van der Waals surface area contributed by atoms with Crippen LogP contribution in [0.15, 0.2) is 0 Å². The van der Waals surface area contributed by atoms with Gasteiger partial charge in [-0.05, 0) is 65.0 Å². The highest BCUT2D eigenvalue weighted by Gasteiger charge is 2.37. The number of Topliss-reactive ketones (excluding diaryl/α,β-unsaturated/α-hetero) is 1. The zero-order chi connectivity index (χ0) is 19.2. The van der Waals surface area contributed by atoms with Crippen molar-refractivity contribution in [2.45, 2.75) is 88.9 Å². The standard InChI is InChI=1S/C20H36N3O4/c1-2-27-20-10-9-15(13-18(20)23(25)26)19(24)14-22-12-6-4-8-17(22)16-7-3-5-11-21-16/h15-18,20-21,25H,2-14H2,1H3/q-1. The third-order valence-corrected chi connectivity index (χ3v) is 6.71. The fourth-order valence-electron chi connectivity index (χ4n) is 5.26. The number of nitrogens with one attached hydrogen (secondary N) is 1. The summed E-state index contributed by atoms with van der Waals surface area (Å²) in [5, 5.41) is 24.7. The van der Waals surface area contributed by atoms with Crippen molar-refractivity contribution in [3.05, 3.63) is 5.21 Å². The summed E-state index contributed by atoms with van der Waals surface area (Å²) in [6.07, 6.45) is 8.79. The number of hydrogen-bond donors (Lipinski definition) is 2. The maximum Gasteiger partial charge on any atom is 0.149 e. The van der Waals surface area contributed by atoms with Crippen molar-refractivity contribution in [3.8, 4) is 0 Å². The lowest BCUT2D eigenvalue weighted by atomic mass is 9.81. The van der Waals surface area contributed by atoms with Crippen LogP contribution in [0.3, 0.4) is 0 Å². The molecule has 0 aromatic rings. The van der Waals surface area contributed by atoms with Crippen LogP contribution >= 0.6 is 0 Å². The van der Waals surface area contributed by atoms with Crippen molar-refractivity contribution < 1.29 is 14.7 Å². The number of likely N-dealkylation sites (tertiary alicyclic amines) is 1. The van der Waals surface area contributed by atoms with Crippen LogP contribution in [-0.4, -0.2) is 71.6 Å². The van der Waals surface area contributed by atoms with Crippen LogP contribution in [0.1, 0.15) is 64.7 Å². The molecule has 0 amide bonds. The number of nitrogens with zero attached hydrogens (tertiary/aromatic N) is 2. The quantitative estimate of drug-likeness (QED) is 0.653. The van der Waals surface area contributed by atoms with Crippen LogP contribution in [0.2, 0.25) is 0 Å². The van der Waals surface area contributed by atoms with Gasteiger partial charge in [-0.15, -0.1) is 0 Å². The molecule has 3 fully saturated rings. The van der Waals surface area contributed by atoms with Gasteiger partial charge in [-0.2, -0.15) is 0 Å². The number of carbonyl (C=O) groups excluding carboxylic acids is 1. The number of hydrogen-bond acceptors (Lipinski definition) is 7.